The number of unbranched alkanes of at least 4 members (excludes halogenated alkanes) is 1. The molecule has 0 fully saturated rings. The number of hydrogen-bond acceptors (Lipinski definition) is 3. The van der Waals surface area contributed by atoms with E-state index >= 15 is 0 Å². The summed E-state index contributed by atoms with van der Waals surface area (Å²) >= 11 is 1.65. The summed E-state index contributed by atoms with van der Waals surface area (Å²) in [6.45, 7) is 6.08. The number of benzene rings is 1. The van der Waals surface area contributed by atoms with E-state index in [2.05, 4.69) is 0 Å². The Bertz CT molecular complexity index is 506. The molecule has 1 amide bonds. The fourth-order valence-corrected chi connectivity index (χ4v) is 2.60. The third-order valence-corrected chi connectivity index (χ3v) is 4.23. The predicted octanol–water partition coefficient (Wildman–Crippen LogP) is 4.54. The molecule has 0 aliphatic heterocycles. The van der Waals surface area contributed by atoms with Crippen molar-refractivity contribution in [3.8, 4) is 0 Å². The van der Waals surface area contributed by atoms with Gasteiger partial charge in [0.25, 0.3) is 0 Å². The van der Waals surface area contributed by atoms with Gasteiger partial charge in [-0.05, 0) is 52.0 Å². The van der Waals surface area contributed by atoms with Crippen LogP contribution < -0.4 is 0 Å². The number of carbonyl (C=O) groups is 2. The summed E-state index contributed by atoms with van der Waals surface area (Å²) in [5.41, 5.74) is 0.312. The van der Waals surface area contributed by atoms with Gasteiger partial charge in [0.05, 0.1) is 0 Å². The molecule has 0 heterocycles. The molecule has 1 aromatic rings. The molecule has 0 saturated carbocycles. The Labute approximate surface area is 136 Å². The molecular weight excluding hydrogens is 298 g/mol. The lowest BCUT2D eigenvalue weighted by Crippen LogP contribution is -2.45. The summed E-state index contributed by atoms with van der Waals surface area (Å²) in [5.74, 6) is 0.116. The summed E-state index contributed by atoms with van der Waals surface area (Å²) in [5, 5.41) is 9.20. The molecule has 0 aliphatic carbocycles. The van der Waals surface area contributed by atoms with Crippen molar-refractivity contribution in [1.82, 2.24) is 4.90 Å². The molecule has 1 rings (SSSR count). The molecule has 0 spiro atoms. The van der Waals surface area contributed by atoms with Crippen LogP contribution in [0.3, 0.4) is 0 Å². The normalized spacial score (nSPS) is 11.3. The van der Waals surface area contributed by atoms with E-state index in [1.165, 1.54) is 4.90 Å². The number of carbonyl (C=O) groups excluding carboxylic acids is 1. The number of hydrogen-bond donors (Lipinski definition) is 1. The summed E-state index contributed by atoms with van der Waals surface area (Å²) in [7, 11) is 0. The van der Waals surface area contributed by atoms with E-state index in [4.69, 9.17) is 0 Å². The summed E-state index contributed by atoms with van der Waals surface area (Å²) < 4.78 is 0. The van der Waals surface area contributed by atoms with E-state index in [9.17, 15) is 14.7 Å². The standard InChI is InChI=1S/C17H25NO3S/c1-17(2,3)18(16(20)21)12-6-5-7-15(19)13-8-10-14(22-4)11-9-13/h8-11H,5-7,12H2,1-4H3,(H,20,21). The first-order valence-corrected chi connectivity index (χ1v) is 8.66. The van der Waals surface area contributed by atoms with Crippen LogP contribution in [-0.2, 0) is 0 Å². The Kier molecular flexibility index (Phi) is 6.94. The fraction of sp³-hybridized carbons (Fsp3) is 0.529. The molecule has 4 nitrogen and oxygen atoms in total. The largest absolute Gasteiger partial charge is 0.465 e. The monoisotopic (exact) mass is 323 g/mol. The molecule has 122 valence electrons. The zero-order valence-electron chi connectivity index (χ0n) is 13.8. The number of amides is 1. The number of carboxylic acid groups (broad SMARTS) is 1. The van der Waals surface area contributed by atoms with Gasteiger partial charge in [-0.3, -0.25) is 4.79 Å². The van der Waals surface area contributed by atoms with E-state index in [1.54, 1.807) is 11.8 Å². The minimum absolute atomic E-state index is 0.116. The fourth-order valence-electron chi connectivity index (χ4n) is 2.19. The van der Waals surface area contributed by atoms with Gasteiger partial charge in [-0.15, -0.1) is 11.8 Å². The Morgan fingerprint density at radius 3 is 2.18 bits per heavy atom. The Morgan fingerprint density at radius 1 is 1.14 bits per heavy atom. The first-order valence-electron chi connectivity index (χ1n) is 7.43. The topological polar surface area (TPSA) is 57.6 Å². The van der Waals surface area contributed by atoms with Crippen molar-refractivity contribution < 1.29 is 14.7 Å². The Morgan fingerprint density at radius 2 is 1.73 bits per heavy atom. The lowest BCUT2D eigenvalue weighted by Gasteiger charge is -2.33. The van der Waals surface area contributed by atoms with Gasteiger partial charge in [0.2, 0.25) is 0 Å². The first kappa shape index (κ1) is 18.6. The first-order chi connectivity index (χ1) is 10.3. The molecule has 1 aromatic carbocycles. The molecule has 0 aliphatic rings. The second-order valence-corrected chi connectivity index (χ2v) is 7.09. The maximum absolute atomic E-state index is 12.1. The molecule has 0 bridgehead atoms. The average molecular weight is 323 g/mol. The summed E-state index contributed by atoms with van der Waals surface area (Å²) in [6, 6.07) is 7.60. The van der Waals surface area contributed by atoms with Gasteiger partial charge in [-0.1, -0.05) is 12.1 Å². The predicted molar refractivity (Wildman–Crippen MR) is 90.9 cm³/mol. The van der Waals surface area contributed by atoms with Gasteiger partial charge in [0.1, 0.15) is 0 Å². The molecule has 0 radical (unpaired) electrons. The summed E-state index contributed by atoms with van der Waals surface area (Å²) in [6.07, 6.45) is 2.93. The zero-order chi connectivity index (χ0) is 16.8. The van der Waals surface area contributed by atoms with Crippen molar-refractivity contribution in [3.05, 3.63) is 29.8 Å². The van der Waals surface area contributed by atoms with Crippen molar-refractivity contribution in [1.29, 1.82) is 0 Å². The van der Waals surface area contributed by atoms with Crippen LogP contribution in [-0.4, -0.2) is 40.2 Å². The number of rotatable bonds is 7. The quantitative estimate of drug-likeness (QED) is 0.455. The van der Waals surface area contributed by atoms with Gasteiger partial charge in [-0.2, -0.15) is 0 Å². The SMILES string of the molecule is CSc1ccc(C(=O)CCCCN(C(=O)O)C(C)(C)C)cc1. The van der Waals surface area contributed by atoms with Crippen LogP contribution >= 0.6 is 11.8 Å². The van der Waals surface area contributed by atoms with Crippen LogP contribution in [0.2, 0.25) is 0 Å². The van der Waals surface area contributed by atoms with Gasteiger partial charge < -0.3 is 10.0 Å². The number of thioether (sulfide) groups is 1. The van der Waals surface area contributed by atoms with E-state index in [0.29, 0.717) is 25.8 Å². The van der Waals surface area contributed by atoms with Crippen molar-refractivity contribution in [2.75, 3.05) is 12.8 Å². The Balaban J connectivity index is 2.43. The second kappa shape index (κ2) is 8.22. The van der Waals surface area contributed by atoms with E-state index in [1.807, 2.05) is 51.3 Å². The smallest absolute Gasteiger partial charge is 0.407 e. The van der Waals surface area contributed by atoms with Crippen molar-refractivity contribution >= 4 is 23.6 Å². The van der Waals surface area contributed by atoms with Crippen molar-refractivity contribution in [2.24, 2.45) is 0 Å². The minimum Gasteiger partial charge on any atom is -0.465 e. The Hall–Kier alpha value is -1.49. The molecule has 0 aromatic heterocycles. The number of nitrogens with zero attached hydrogens (tertiary/aromatic N) is 1. The highest BCUT2D eigenvalue weighted by Crippen LogP contribution is 2.17. The van der Waals surface area contributed by atoms with E-state index < -0.39 is 11.6 Å². The van der Waals surface area contributed by atoms with Gasteiger partial charge in [-0.25, -0.2) is 4.79 Å². The maximum Gasteiger partial charge on any atom is 0.407 e. The number of Topliss-reactive ketones (excluding diaryl/α,β-unsaturated/α-hetero) is 1. The molecule has 1 N–H and O–H groups in total. The molecule has 22 heavy (non-hydrogen) atoms. The number of ketones is 1. The molecular formula is C17H25NO3S. The van der Waals surface area contributed by atoms with E-state index in [0.717, 1.165) is 10.5 Å². The van der Waals surface area contributed by atoms with Crippen molar-refractivity contribution in [2.45, 2.75) is 50.5 Å². The molecule has 0 atom stereocenters. The lowest BCUT2D eigenvalue weighted by atomic mass is 10.0. The van der Waals surface area contributed by atoms with Gasteiger partial charge >= 0.3 is 6.09 Å². The van der Waals surface area contributed by atoms with Gasteiger partial charge in [0, 0.05) is 29.0 Å². The highest BCUT2D eigenvalue weighted by atomic mass is 32.2. The minimum atomic E-state index is -0.911. The second-order valence-electron chi connectivity index (χ2n) is 6.21. The molecule has 5 heteroatoms. The van der Waals surface area contributed by atoms with Gasteiger partial charge in [0.15, 0.2) is 5.78 Å². The maximum atomic E-state index is 12.1. The third kappa shape index (κ3) is 5.72. The van der Waals surface area contributed by atoms with E-state index in [-0.39, 0.29) is 5.78 Å². The average Bonchev–Trinajstić information content (AvgIpc) is 2.45. The van der Waals surface area contributed by atoms with Crippen LogP contribution in [0.25, 0.3) is 0 Å². The molecule has 0 saturated heterocycles. The lowest BCUT2D eigenvalue weighted by molar-refractivity contribution is 0.0955. The summed E-state index contributed by atoms with van der Waals surface area (Å²) in [4.78, 5) is 25.9. The van der Waals surface area contributed by atoms with Crippen LogP contribution in [0.4, 0.5) is 4.79 Å². The van der Waals surface area contributed by atoms with Crippen LogP contribution in [0.1, 0.15) is 50.4 Å². The van der Waals surface area contributed by atoms with Crippen molar-refractivity contribution in [3.63, 3.8) is 0 Å². The highest BCUT2D eigenvalue weighted by Gasteiger charge is 2.25. The van der Waals surface area contributed by atoms with Crippen LogP contribution in [0, 0.1) is 0 Å². The highest BCUT2D eigenvalue weighted by molar-refractivity contribution is 7.98. The third-order valence-electron chi connectivity index (χ3n) is 3.49. The van der Waals surface area contributed by atoms with Crippen LogP contribution in [0.15, 0.2) is 29.2 Å². The zero-order valence-corrected chi connectivity index (χ0v) is 14.6. The molecule has 0 unspecified atom stereocenters. The van der Waals surface area contributed by atoms with Crippen LogP contribution in [0.5, 0.6) is 0 Å².